The minimum absolute atomic E-state index is 0.0896. The predicted octanol–water partition coefficient (Wildman–Crippen LogP) is 1.37. The summed E-state index contributed by atoms with van der Waals surface area (Å²) in [5, 5.41) is 10.5. The summed E-state index contributed by atoms with van der Waals surface area (Å²) in [6, 6.07) is 8.83. The zero-order valence-corrected chi connectivity index (χ0v) is 13.8. The third-order valence-corrected chi connectivity index (χ3v) is 3.08. The molecule has 0 fully saturated rings. The maximum Gasteiger partial charge on any atom is 0.339 e. The Morgan fingerprint density at radius 2 is 1.42 bits per heavy atom. The number of carbonyl (C=O) groups is 3. The molecule has 0 aliphatic heterocycles. The van der Waals surface area contributed by atoms with Crippen molar-refractivity contribution >= 4 is 17.9 Å². The van der Waals surface area contributed by atoms with Gasteiger partial charge in [0.05, 0.1) is 26.1 Å². The third kappa shape index (κ3) is 6.37. The van der Waals surface area contributed by atoms with Crippen LogP contribution in [0.15, 0.2) is 30.3 Å². The molecule has 132 valence electrons. The zero-order valence-electron chi connectivity index (χ0n) is 13.8. The molecule has 0 amide bonds. The van der Waals surface area contributed by atoms with E-state index in [-0.39, 0.29) is 19.8 Å². The van der Waals surface area contributed by atoms with Crippen molar-refractivity contribution < 1.29 is 33.7 Å². The van der Waals surface area contributed by atoms with Crippen LogP contribution in [0.25, 0.3) is 0 Å². The molecule has 0 aliphatic rings. The normalized spacial score (nSPS) is 10.8. The van der Waals surface area contributed by atoms with Gasteiger partial charge in [0, 0.05) is 0 Å². The van der Waals surface area contributed by atoms with Crippen LogP contribution in [0.4, 0.5) is 0 Å². The van der Waals surface area contributed by atoms with Gasteiger partial charge in [-0.1, -0.05) is 30.3 Å². The van der Waals surface area contributed by atoms with Crippen molar-refractivity contribution in [2.75, 3.05) is 13.2 Å². The van der Waals surface area contributed by atoms with Crippen LogP contribution in [0, 0.1) is 0 Å². The Kier molecular flexibility index (Phi) is 7.91. The van der Waals surface area contributed by atoms with E-state index in [0.29, 0.717) is 5.56 Å². The molecular formula is C17H22O7. The van der Waals surface area contributed by atoms with Gasteiger partial charge in [-0.15, -0.1) is 0 Å². The summed E-state index contributed by atoms with van der Waals surface area (Å²) in [7, 11) is 0. The van der Waals surface area contributed by atoms with Crippen LogP contribution in [0.1, 0.15) is 32.3 Å². The molecule has 1 rings (SSSR count). The molecule has 7 nitrogen and oxygen atoms in total. The molecule has 0 spiro atoms. The minimum Gasteiger partial charge on any atom is -0.466 e. The van der Waals surface area contributed by atoms with Crippen molar-refractivity contribution in [3.8, 4) is 0 Å². The average molecular weight is 338 g/mol. The molecule has 0 atom stereocenters. The van der Waals surface area contributed by atoms with Crippen LogP contribution in [0.5, 0.6) is 0 Å². The fourth-order valence-corrected chi connectivity index (χ4v) is 1.97. The Balaban J connectivity index is 2.79. The SMILES string of the molecule is CCOC(=O)CC(O)(CC(=O)OCC)C(=O)OCc1ccccc1. The maximum absolute atomic E-state index is 12.2. The molecule has 7 heteroatoms. The molecule has 1 N–H and O–H groups in total. The van der Waals surface area contributed by atoms with Gasteiger partial charge in [-0.2, -0.15) is 0 Å². The monoisotopic (exact) mass is 338 g/mol. The largest absolute Gasteiger partial charge is 0.466 e. The highest BCUT2D eigenvalue weighted by Crippen LogP contribution is 2.20. The standard InChI is InChI=1S/C17H22O7/c1-3-22-14(18)10-17(21,11-15(19)23-4-2)16(20)24-12-13-8-6-5-7-9-13/h5-9,21H,3-4,10-12H2,1-2H3. The van der Waals surface area contributed by atoms with Crippen molar-refractivity contribution in [1.82, 2.24) is 0 Å². The zero-order chi connectivity index (χ0) is 18.0. The molecule has 0 aromatic heterocycles. The molecule has 0 unspecified atom stereocenters. The van der Waals surface area contributed by atoms with Crippen LogP contribution >= 0.6 is 0 Å². The molecular weight excluding hydrogens is 316 g/mol. The number of rotatable bonds is 9. The summed E-state index contributed by atoms with van der Waals surface area (Å²) in [6.07, 6.45) is -1.37. The van der Waals surface area contributed by atoms with Gasteiger partial charge in [0.15, 0.2) is 5.60 Å². The van der Waals surface area contributed by atoms with Crippen LogP contribution in [-0.2, 0) is 35.2 Å². The van der Waals surface area contributed by atoms with Gasteiger partial charge >= 0.3 is 17.9 Å². The van der Waals surface area contributed by atoms with Crippen molar-refractivity contribution in [1.29, 1.82) is 0 Å². The van der Waals surface area contributed by atoms with Crippen LogP contribution < -0.4 is 0 Å². The molecule has 1 aromatic rings. The second-order valence-electron chi connectivity index (χ2n) is 5.06. The van der Waals surface area contributed by atoms with E-state index in [1.165, 1.54) is 0 Å². The highest BCUT2D eigenvalue weighted by Gasteiger charge is 2.43. The van der Waals surface area contributed by atoms with E-state index >= 15 is 0 Å². The first-order valence-electron chi connectivity index (χ1n) is 7.66. The van der Waals surface area contributed by atoms with Crippen LogP contribution in [0.3, 0.4) is 0 Å². The number of hydrogen-bond acceptors (Lipinski definition) is 7. The lowest BCUT2D eigenvalue weighted by Crippen LogP contribution is -2.44. The molecule has 0 saturated heterocycles. The van der Waals surface area contributed by atoms with E-state index in [4.69, 9.17) is 14.2 Å². The third-order valence-electron chi connectivity index (χ3n) is 3.08. The van der Waals surface area contributed by atoms with E-state index in [9.17, 15) is 19.5 Å². The Hall–Kier alpha value is -2.41. The van der Waals surface area contributed by atoms with E-state index in [0.717, 1.165) is 0 Å². The molecule has 0 radical (unpaired) electrons. The first-order valence-corrected chi connectivity index (χ1v) is 7.66. The molecule has 0 aliphatic carbocycles. The van der Waals surface area contributed by atoms with Gasteiger partial charge in [-0.05, 0) is 19.4 Å². The summed E-state index contributed by atoms with van der Waals surface area (Å²) in [6.45, 7) is 3.28. The maximum atomic E-state index is 12.2. The molecule has 0 heterocycles. The van der Waals surface area contributed by atoms with Gasteiger partial charge in [0.25, 0.3) is 0 Å². The fraction of sp³-hybridized carbons (Fsp3) is 0.471. The first-order chi connectivity index (χ1) is 11.4. The number of aliphatic hydroxyl groups is 1. The molecule has 1 aromatic carbocycles. The van der Waals surface area contributed by atoms with E-state index in [1.807, 2.05) is 6.07 Å². The Morgan fingerprint density at radius 1 is 0.917 bits per heavy atom. The second-order valence-corrected chi connectivity index (χ2v) is 5.06. The molecule has 24 heavy (non-hydrogen) atoms. The summed E-state index contributed by atoms with van der Waals surface area (Å²) >= 11 is 0. The number of esters is 3. The number of carbonyl (C=O) groups excluding carboxylic acids is 3. The molecule has 0 bridgehead atoms. The number of hydrogen-bond donors (Lipinski definition) is 1. The minimum atomic E-state index is -2.33. The average Bonchev–Trinajstić information content (AvgIpc) is 2.53. The number of ether oxygens (including phenoxy) is 3. The summed E-state index contributed by atoms with van der Waals surface area (Å²) in [4.78, 5) is 35.5. The van der Waals surface area contributed by atoms with Crippen LogP contribution in [0.2, 0.25) is 0 Å². The van der Waals surface area contributed by atoms with Crippen LogP contribution in [-0.4, -0.2) is 41.8 Å². The highest BCUT2D eigenvalue weighted by atomic mass is 16.6. The van der Waals surface area contributed by atoms with E-state index in [2.05, 4.69) is 0 Å². The van der Waals surface area contributed by atoms with Gasteiger partial charge in [-0.25, -0.2) is 4.79 Å². The van der Waals surface area contributed by atoms with Gasteiger partial charge < -0.3 is 19.3 Å². The summed E-state index contributed by atoms with van der Waals surface area (Å²) in [5.41, 5.74) is -1.62. The summed E-state index contributed by atoms with van der Waals surface area (Å²) < 4.78 is 14.5. The Labute approximate surface area is 140 Å². The van der Waals surface area contributed by atoms with E-state index < -0.39 is 36.4 Å². The van der Waals surface area contributed by atoms with Crippen molar-refractivity contribution in [3.63, 3.8) is 0 Å². The lowest BCUT2D eigenvalue weighted by molar-refractivity contribution is -0.178. The van der Waals surface area contributed by atoms with E-state index in [1.54, 1.807) is 38.1 Å². The van der Waals surface area contributed by atoms with Crippen molar-refractivity contribution in [2.45, 2.75) is 38.9 Å². The number of benzene rings is 1. The first kappa shape index (κ1) is 19.6. The summed E-state index contributed by atoms with van der Waals surface area (Å²) in [5.74, 6) is -2.69. The van der Waals surface area contributed by atoms with Gasteiger partial charge in [0.2, 0.25) is 0 Å². The Morgan fingerprint density at radius 3 is 1.88 bits per heavy atom. The van der Waals surface area contributed by atoms with Gasteiger partial charge in [-0.3, -0.25) is 9.59 Å². The Bertz CT molecular complexity index is 533. The quantitative estimate of drug-likeness (QED) is 0.536. The molecule has 0 saturated carbocycles. The fourth-order valence-electron chi connectivity index (χ4n) is 1.97. The topological polar surface area (TPSA) is 99.1 Å². The predicted molar refractivity (Wildman–Crippen MR) is 83.7 cm³/mol. The lowest BCUT2D eigenvalue weighted by atomic mass is 9.95. The van der Waals surface area contributed by atoms with Gasteiger partial charge in [0.1, 0.15) is 6.61 Å². The second kappa shape index (κ2) is 9.67. The lowest BCUT2D eigenvalue weighted by Gasteiger charge is -2.24. The van der Waals surface area contributed by atoms with Crippen molar-refractivity contribution in [3.05, 3.63) is 35.9 Å². The highest BCUT2D eigenvalue weighted by molar-refractivity contribution is 5.90. The smallest absolute Gasteiger partial charge is 0.339 e. The van der Waals surface area contributed by atoms with Crippen molar-refractivity contribution in [2.24, 2.45) is 0 Å².